The van der Waals surface area contributed by atoms with Crippen molar-refractivity contribution in [3.05, 3.63) is 65.7 Å². The van der Waals surface area contributed by atoms with Crippen LogP contribution in [0.4, 0.5) is 0 Å². The number of hydrogen-bond acceptors (Lipinski definition) is 3. The molecule has 0 aromatic heterocycles. The van der Waals surface area contributed by atoms with E-state index in [1.165, 1.54) is 18.4 Å². The van der Waals surface area contributed by atoms with Crippen LogP contribution in [-0.4, -0.2) is 36.2 Å². The Kier molecular flexibility index (Phi) is 7.10. The van der Waals surface area contributed by atoms with Crippen molar-refractivity contribution in [1.82, 2.24) is 4.90 Å². The minimum absolute atomic E-state index is 0.0844. The lowest BCUT2D eigenvalue weighted by molar-refractivity contribution is 0.123. The lowest BCUT2D eigenvalue weighted by Gasteiger charge is -2.28. The van der Waals surface area contributed by atoms with Gasteiger partial charge in [-0.1, -0.05) is 55.8 Å². The molecule has 2 atom stereocenters. The van der Waals surface area contributed by atoms with Crippen molar-refractivity contribution in [2.24, 2.45) is 0 Å². The zero-order valence-corrected chi connectivity index (χ0v) is 15.8. The summed E-state index contributed by atoms with van der Waals surface area (Å²) in [6.07, 6.45) is 4.22. The van der Waals surface area contributed by atoms with Crippen LogP contribution in [0.25, 0.3) is 0 Å². The summed E-state index contributed by atoms with van der Waals surface area (Å²) in [4.78, 5) is 2.48. The van der Waals surface area contributed by atoms with Gasteiger partial charge in [-0.2, -0.15) is 0 Å². The van der Waals surface area contributed by atoms with Gasteiger partial charge in [0.15, 0.2) is 0 Å². The number of benzene rings is 2. The smallest absolute Gasteiger partial charge is 0.119 e. The number of rotatable bonds is 9. The summed E-state index contributed by atoms with van der Waals surface area (Å²) in [6.45, 7) is 6.09. The van der Waals surface area contributed by atoms with E-state index in [0.29, 0.717) is 0 Å². The van der Waals surface area contributed by atoms with Gasteiger partial charge < -0.3 is 14.7 Å². The molecule has 3 heteroatoms. The largest absolute Gasteiger partial charge is 0.494 e. The number of aliphatic hydroxyl groups is 1. The lowest BCUT2D eigenvalue weighted by Crippen LogP contribution is -2.29. The van der Waals surface area contributed by atoms with Crippen LogP contribution in [0.3, 0.4) is 0 Å². The van der Waals surface area contributed by atoms with Gasteiger partial charge in [0.05, 0.1) is 12.7 Å². The number of aliphatic hydroxyl groups excluding tert-OH is 1. The van der Waals surface area contributed by atoms with Crippen molar-refractivity contribution in [2.75, 3.05) is 26.2 Å². The molecule has 3 nitrogen and oxygen atoms in total. The molecule has 3 rings (SSSR count). The molecule has 0 radical (unpaired) electrons. The van der Waals surface area contributed by atoms with E-state index in [2.05, 4.69) is 36.1 Å². The summed E-state index contributed by atoms with van der Waals surface area (Å²) >= 11 is 0. The van der Waals surface area contributed by atoms with Crippen molar-refractivity contribution < 1.29 is 9.84 Å². The van der Waals surface area contributed by atoms with Gasteiger partial charge in [-0.3, -0.25) is 0 Å². The van der Waals surface area contributed by atoms with Crippen molar-refractivity contribution in [1.29, 1.82) is 0 Å². The number of likely N-dealkylation sites (tertiary alicyclic amines) is 1. The Labute approximate surface area is 157 Å². The van der Waals surface area contributed by atoms with Crippen LogP contribution >= 0.6 is 0 Å². The molecule has 0 spiro atoms. The van der Waals surface area contributed by atoms with Crippen LogP contribution in [0.2, 0.25) is 0 Å². The quantitative estimate of drug-likeness (QED) is 0.659. The zero-order valence-electron chi connectivity index (χ0n) is 15.8. The van der Waals surface area contributed by atoms with E-state index in [0.717, 1.165) is 50.4 Å². The maximum atomic E-state index is 11.1. The average Bonchev–Trinajstić information content (AvgIpc) is 3.20. The van der Waals surface area contributed by atoms with Crippen molar-refractivity contribution in [2.45, 2.75) is 44.6 Å². The topological polar surface area (TPSA) is 32.7 Å². The highest BCUT2D eigenvalue weighted by atomic mass is 16.5. The maximum absolute atomic E-state index is 11.1. The Morgan fingerprint density at radius 1 is 0.962 bits per heavy atom. The Morgan fingerprint density at radius 3 is 2.31 bits per heavy atom. The summed E-state index contributed by atoms with van der Waals surface area (Å²) in [6, 6.07) is 18.4. The first-order valence-corrected chi connectivity index (χ1v) is 9.96. The van der Waals surface area contributed by atoms with Gasteiger partial charge in [-0.25, -0.2) is 0 Å². The van der Waals surface area contributed by atoms with Gasteiger partial charge in [-0.05, 0) is 55.6 Å². The number of unbranched alkanes of at least 4 members (excludes halogenated alkanes) is 1. The summed E-state index contributed by atoms with van der Waals surface area (Å²) < 4.78 is 5.74. The van der Waals surface area contributed by atoms with Crippen LogP contribution in [0, 0.1) is 0 Å². The van der Waals surface area contributed by atoms with Crippen LogP contribution in [0.15, 0.2) is 54.6 Å². The normalized spacial score (nSPS) is 17.2. The second-order valence-corrected chi connectivity index (χ2v) is 7.24. The molecular formula is C23H31NO2. The Bertz CT molecular complexity index is 635. The fourth-order valence-electron chi connectivity index (χ4n) is 3.66. The molecule has 1 N–H and O–H groups in total. The summed E-state index contributed by atoms with van der Waals surface area (Å²) in [7, 11) is 0. The van der Waals surface area contributed by atoms with Crippen molar-refractivity contribution in [3.8, 4) is 5.75 Å². The predicted molar refractivity (Wildman–Crippen MR) is 107 cm³/mol. The van der Waals surface area contributed by atoms with Crippen molar-refractivity contribution >= 4 is 0 Å². The molecule has 1 fully saturated rings. The Hall–Kier alpha value is -1.84. The SMILES string of the molecule is CCCCOc1ccc([C@@H](O)[C@@H](CN2CCCC2)c2ccccc2)cc1. The highest BCUT2D eigenvalue weighted by Crippen LogP contribution is 2.33. The van der Waals surface area contributed by atoms with Gasteiger partial charge in [0.1, 0.15) is 5.75 Å². The molecule has 0 saturated carbocycles. The fraction of sp³-hybridized carbons (Fsp3) is 0.478. The first-order valence-electron chi connectivity index (χ1n) is 9.96. The third-order valence-electron chi connectivity index (χ3n) is 5.25. The molecule has 2 aromatic rings. The summed E-state index contributed by atoms with van der Waals surface area (Å²) in [5.41, 5.74) is 2.16. The minimum Gasteiger partial charge on any atom is -0.494 e. The first-order chi connectivity index (χ1) is 12.8. The minimum atomic E-state index is -0.511. The van der Waals surface area contributed by atoms with E-state index >= 15 is 0 Å². The molecule has 26 heavy (non-hydrogen) atoms. The van der Waals surface area contributed by atoms with E-state index in [-0.39, 0.29) is 5.92 Å². The molecule has 0 unspecified atom stereocenters. The highest BCUT2D eigenvalue weighted by Gasteiger charge is 2.26. The molecule has 1 saturated heterocycles. The number of ether oxygens (including phenoxy) is 1. The van der Waals surface area contributed by atoms with Crippen LogP contribution < -0.4 is 4.74 Å². The fourth-order valence-corrected chi connectivity index (χ4v) is 3.66. The van der Waals surface area contributed by atoms with Gasteiger partial charge >= 0.3 is 0 Å². The van der Waals surface area contributed by atoms with Crippen LogP contribution in [0.5, 0.6) is 5.75 Å². The first kappa shape index (κ1) is 18.9. The second-order valence-electron chi connectivity index (χ2n) is 7.24. The monoisotopic (exact) mass is 353 g/mol. The molecule has 0 aliphatic carbocycles. The Balaban J connectivity index is 1.72. The summed E-state index contributed by atoms with van der Waals surface area (Å²) in [5.74, 6) is 0.964. The zero-order chi connectivity index (χ0) is 18.2. The van der Waals surface area contributed by atoms with E-state index in [1.54, 1.807) is 0 Å². The molecule has 2 aromatic carbocycles. The van der Waals surface area contributed by atoms with E-state index in [9.17, 15) is 5.11 Å². The molecular weight excluding hydrogens is 322 g/mol. The van der Waals surface area contributed by atoms with Gasteiger partial charge in [0.25, 0.3) is 0 Å². The van der Waals surface area contributed by atoms with E-state index < -0.39 is 6.10 Å². The van der Waals surface area contributed by atoms with Gasteiger partial charge in [0, 0.05) is 12.5 Å². The number of hydrogen-bond donors (Lipinski definition) is 1. The number of nitrogens with zero attached hydrogens (tertiary/aromatic N) is 1. The molecule has 1 heterocycles. The van der Waals surface area contributed by atoms with Crippen molar-refractivity contribution in [3.63, 3.8) is 0 Å². The van der Waals surface area contributed by atoms with Gasteiger partial charge in [-0.15, -0.1) is 0 Å². The van der Waals surface area contributed by atoms with Crippen LogP contribution in [0.1, 0.15) is 55.8 Å². The Morgan fingerprint density at radius 2 is 1.65 bits per heavy atom. The van der Waals surface area contributed by atoms with E-state index in [4.69, 9.17) is 4.74 Å². The van der Waals surface area contributed by atoms with Crippen LogP contribution in [-0.2, 0) is 0 Å². The van der Waals surface area contributed by atoms with Gasteiger partial charge in [0.2, 0.25) is 0 Å². The standard InChI is InChI=1S/C23H31NO2/c1-2-3-17-26-21-13-11-20(12-14-21)23(25)22(18-24-15-7-8-16-24)19-9-5-4-6-10-19/h4-6,9-14,22-23,25H,2-3,7-8,15-18H2,1H3/t22-,23+/m0/s1. The van der Waals surface area contributed by atoms with E-state index in [1.807, 2.05) is 30.3 Å². The molecule has 0 bridgehead atoms. The molecule has 140 valence electrons. The molecule has 1 aliphatic heterocycles. The lowest BCUT2D eigenvalue weighted by atomic mass is 9.88. The summed E-state index contributed by atoms with van der Waals surface area (Å²) in [5, 5.41) is 11.1. The molecule has 0 amide bonds. The third kappa shape index (κ3) is 5.09. The highest BCUT2D eigenvalue weighted by molar-refractivity contribution is 5.32. The predicted octanol–water partition coefficient (Wildman–Crippen LogP) is 4.78. The second kappa shape index (κ2) is 9.75. The molecule has 1 aliphatic rings. The third-order valence-corrected chi connectivity index (χ3v) is 5.25. The average molecular weight is 354 g/mol. The maximum Gasteiger partial charge on any atom is 0.119 e.